The van der Waals surface area contributed by atoms with Gasteiger partial charge in [-0.3, -0.25) is 0 Å². The van der Waals surface area contributed by atoms with Crippen molar-refractivity contribution in [2.24, 2.45) is 0 Å². The van der Waals surface area contributed by atoms with Crippen LogP contribution in [0.15, 0.2) is 24.4 Å². The van der Waals surface area contributed by atoms with Gasteiger partial charge in [0.05, 0.1) is 22.7 Å². The van der Waals surface area contributed by atoms with Crippen LogP contribution in [-0.2, 0) is 11.3 Å². The predicted molar refractivity (Wildman–Crippen MR) is 65.9 cm³/mol. The smallest absolute Gasteiger partial charge is 0.345 e. The SMILES string of the molecule is O=C(O)c1cn(CCOC(F)F)c2cccc(Cl)c12. The largest absolute Gasteiger partial charge is 0.478 e. The van der Waals surface area contributed by atoms with Gasteiger partial charge in [0.2, 0.25) is 0 Å². The number of carbonyl (C=O) groups is 1. The molecule has 0 aliphatic carbocycles. The van der Waals surface area contributed by atoms with Gasteiger partial charge in [-0.2, -0.15) is 8.78 Å². The number of hydrogen-bond acceptors (Lipinski definition) is 2. The van der Waals surface area contributed by atoms with Crippen molar-refractivity contribution in [1.29, 1.82) is 0 Å². The van der Waals surface area contributed by atoms with Gasteiger partial charge in [0.15, 0.2) is 0 Å². The van der Waals surface area contributed by atoms with Gasteiger partial charge in [-0.05, 0) is 12.1 Å². The van der Waals surface area contributed by atoms with Gasteiger partial charge in [0.1, 0.15) is 0 Å². The summed E-state index contributed by atoms with van der Waals surface area (Å²) in [5.41, 5.74) is 0.611. The van der Waals surface area contributed by atoms with Crippen LogP contribution in [-0.4, -0.2) is 28.9 Å². The maximum Gasteiger partial charge on any atom is 0.345 e. The molecule has 2 aromatic rings. The second-order valence-electron chi connectivity index (χ2n) is 3.81. The normalized spacial score (nSPS) is 11.4. The molecule has 19 heavy (non-hydrogen) atoms. The lowest BCUT2D eigenvalue weighted by Gasteiger charge is -2.05. The molecule has 0 bridgehead atoms. The molecular formula is C12H10ClF2NO3. The molecule has 0 unspecified atom stereocenters. The van der Waals surface area contributed by atoms with Crippen molar-refractivity contribution in [3.8, 4) is 0 Å². The highest BCUT2D eigenvalue weighted by Gasteiger charge is 2.16. The fourth-order valence-corrected chi connectivity index (χ4v) is 2.17. The summed E-state index contributed by atoms with van der Waals surface area (Å²) in [6, 6.07) is 4.92. The van der Waals surface area contributed by atoms with Crippen molar-refractivity contribution in [1.82, 2.24) is 4.57 Å². The van der Waals surface area contributed by atoms with Crippen LogP contribution in [0, 0.1) is 0 Å². The van der Waals surface area contributed by atoms with Crippen LogP contribution in [0.4, 0.5) is 8.78 Å². The average Bonchev–Trinajstić information content (AvgIpc) is 2.69. The first kappa shape index (κ1) is 13.8. The maximum atomic E-state index is 11.9. The van der Waals surface area contributed by atoms with E-state index in [1.807, 2.05) is 0 Å². The minimum atomic E-state index is -2.84. The number of hydrogen-bond donors (Lipinski definition) is 1. The number of aromatic carboxylic acids is 1. The van der Waals surface area contributed by atoms with E-state index in [4.69, 9.17) is 16.7 Å². The second kappa shape index (κ2) is 5.54. The van der Waals surface area contributed by atoms with E-state index in [0.717, 1.165) is 0 Å². The van der Waals surface area contributed by atoms with Gasteiger partial charge in [-0.25, -0.2) is 4.79 Å². The first-order valence-corrected chi connectivity index (χ1v) is 5.79. The molecule has 1 N–H and O–H groups in total. The third-order valence-corrected chi connectivity index (χ3v) is 2.98. The monoisotopic (exact) mass is 289 g/mol. The number of ether oxygens (including phenoxy) is 1. The Morgan fingerprint density at radius 1 is 1.47 bits per heavy atom. The summed E-state index contributed by atoms with van der Waals surface area (Å²) < 4.78 is 29.5. The first-order chi connectivity index (χ1) is 9.00. The molecule has 2 rings (SSSR count). The predicted octanol–water partition coefficient (Wildman–Crippen LogP) is 3.23. The molecule has 4 nitrogen and oxygen atoms in total. The van der Waals surface area contributed by atoms with E-state index < -0.39 is 12.6 Å². The summed E-state index contributed by atoms with van der Waals surface area (Å²) >= 11 is 5.98. The zero-order valence-corrected chi connectivity index (χ0v) is 10.4. The van der Waals surface area contributed by atoms with Gasteiger partial charge in [0.25, 0.3) is 0 Å². The van der Waals surface area contributed by atoms with Crippen LogP contribution in [0.2, 0.25) is 5.02 Å². The third-order valence-electron chi connectivity index (χ3n) is 2.66. The minimum Gasteiger partial charge on any atom is -0.478 e. The molecule has 0 fully saturated rings. The standard InChI is InChI=1S/C12H10ClF2NO3/c13-8-2-1-3-9-10(8)7(11(17)18)6-16(9)4-5-19-12(14)15/h1-3,6,12H,4-5H2,(H,17,18). The highest BCUT2D eigenvalue weighted by Crippen LogP contribution is 2.28. The van der Waals surface area contributed by atoms with Gasteiger partial charge in [-0.1, -0.05) is 17.7 Å². The van der Waals surface area contributed by atoms with Crippen molar-refractivity contribution >= 4 is 28.5 Å². The van der Waals surface area contributed by atoms with E-state index in [1.54, 1.807) is 18.2 Å². The number of aromatic nitrogens is 1. The Bertz CT molecular complexity index is 612. The lowest BCUT2D eigenvalue weighted by molar-refractivity contribution is -0.130. The molecule has 0 aliphatic heterocycles. The number of alkyl halides is 2. The highest BCUT2D eigenvalue weighted by molar-refractivity contribution is 6.36. The molecule has 0 amide bonds. The molecular weight excluding hydrogens is 280 g/mol. The lowest BCUT2D eigenvalue weighted by Crippen LogP contribution is -2.08. The first-order valence-electron chi connectivity index (χ1n) is 5.41. The molecule has 0 aliphatic rings. The number of carboxylic acids is 1. The Labute approximate surface area is 112 Å². The summed E-state index contributed by atoms with van der Waals surface area (Å²) in [5, 5.41) is 9.82. The summed E-state index contributed by atoms with van der Waals surface area (Å²) in [4.78, 5) is 11.1. The molecule has 0 saturated carbocycles. The molecule has 1 aromatic heterocycles. The maximum absolute atomic E-state index is 11.9. The van der Waals surface area contributed by atoms with E-state index in [-0.39, 0.29) is 18.7 Å². The van der Waals surface area contributed by atoms with Crippen LogP contribution in [0.3, 0.4) is 0 Å². The average molecular weight is 290 g/mol. The van der Waals surface area contributed by atoms with E-state index in [1.165, 1.54) is 10.8 Å². The molecule has 0 saturated heterocycles. The van der Waals surface area contributed by atoms with E-state index in [9.17, 15) is 13.6 Å². The minimum absolute atomic E-state index is 0.0395. The van der Waals surface area contributed by atoms with Crippen LogP contribution < -0.4 is 0 Å². The molecule has 0 atom stereocenters. The van der Waals surface area contributed by atoms with Crippen LogP contribution >= 0.6 is 11.6 Å². The fraction of sp³-hybridized carbons (Fsp3) is 0.250. The summed E-state index contributed by atoms with van der Waals surface area (Å²) in [6.45, 7) is -2.94. The van der Waals surface area contributed by atoms with Gasteiger partial charge >= 0.3 is 12.6 Å². The summed E-state index contributed by atoms with van der Waals surface area (Å²) in [7, 11) is 0. The zero-order valence-electron chi connectivity index (χ0n) is 9.65. The van der Waals surface area contributed by atoms with Gasteiger partial charge in [0, 0.05) is 18.1 Å². The number of carboxylic acid groups (broad SMARTS) is 1. The highest BCUT2D eigenvalue weighted by atomic mass is 35.5. The lowest BCUT2D eigenvalue weighted by atomic mass is 10.2. The van der Waals surface area contributed by atoms with Crippen molar-refractivity contribution in [2.45, 2.75) is 13.2 Å². The van der Waals surface area contributed by atoms with Crippen molar-refractivity contribution < 1.29 is 23.4 Å². The van der Waals surface area contributed by atoms with Gasteiger partial charge < -0.3 is 14.4 Å². The summed E-state index contributed by atoms with van der Waals surface area (Å²) in [5.74, 6) is -1.12. The Balaban J connectivity index is 2.39. The Morgan fingerprint density at radius 2 is 2.21 bits per heavy atom. The number of benzene rings is 1. The van der Waals surface area contributed by atoms with Crippen molar-refractivity contribution in [3.05, 3.63) is 35.0 Å². The molecule has 0 radical (unpaired) electrons. The van der Waals surface area contributed by atoms with Crippen LogP contribution in [0.25, 0.3) is 10.9 Å². The third kappa shape index (κ3) is 2.85. The van der Waals surface area contributed by atoms with E-state index in [0.29, 0.717) is 15.9 Å². The number of fused-ring (bicyclic) bond motifs is 1. The quantitative estimate of drug-likeness (QED) is 0.919. The van der Waals surface area contributed by atoms with E-state index >= 15 is 0 Å². The fourth-order valence-electron chi connectivity index (χ4n) is 1.90. The Kier molecular flexibility index (Phi) is 4.01. The molecule has 0 spiro atoms. The summed E-state index contributed by atoms with van der Waals surface area (Å²) in [6.07, 6.45) is 1.37. The number of halogens is 3. The Hall–Kier alpha value is -1.66. The Morgan fingerprint density at radius 3 is 2.84 bits per heavy atom. The number of rotatable bonds is 5. The second-order valence-corrected chi connectivity index (χ2v) is 4.21. The van der Waals surface area contributed by atoms with Crippen LogP contribution in [0.5, 0.6) is 0 Å². The molecule has 7 heteroatoms. The molecule has 1 aromatic carbocycles. The van der Waals surface area contributed by atoms with E-state index in [2.05, 4.69) is 4.74 Å². The van der Waals surface area contributed by atoms with Gasteiger partial charge in [-0.15, -0.1) is 0 Å². The number of nitrogens with zero attached hydrogens (tertiary/aromatic N) is 1. The zero-order chi connectivity index (χ0) is 14.0. The topological polar surface area (TPSA) is 51.5 Å². The van der Waals surface area contributed by atoms with Crippen molar-refractivity contribution in [2.75, 3.05) is 6.61 Å². The molecule has 1 heterocycles. The molecule has 102 valence electrons. The van der Waals surface area contributed by atoms with Crippen LogP contribution in [0.1, 0.15) is 10.4 Å². The van der Waals surface area contributed by atoms with Crippen molar-refractivity contribution in [3.63, 3.8) is 0 Å².